The summed E-state index contributed by atoms with van der Waals surface area (Å²) in [6, 6.07) is 0. The van der Waals surface area contributed by atoms with Crippen molar-refractivity contribution >= 4 is 66.4 Å². The number of nitrogens with one attached hydrogen (secondary N) is 1. The maximum absolute atomic E-state index is 15.8. The van der Waals surface area contributed by atoms with E-state index in [0.29, 0.717) is 11.2 Å². The normalized spacial score (nSPS) is 32.1. The first kappa shape index (κ1) is 27.7. The number of thiol groups is 2. The largest absolute Gasteiger partial charge is 0.387 e. The Morgan fingerprint density at radius 2 is 1.95 bits per heavy atom. The van der Waals surface area contributed by atoms with E-state index < -0.39 is 57.0 Å². The van der Waals surface area contributed by atoms with Gasteiger partial charge in [-0.3, -0.25) is 32.4 Å². The second kappa shape index (κ2) is 10.5. The van der Waals surface area contributed by atoms with Gasteiger partial charge in [0.05, 0.1) is 25.7 Å². The smallest absolute Gasteiger partial charge is 0.369 e. The second-order valence-corrected chi connectivity index (χ2v) is 14.4. The molecule has 0 amide bonds. The molecule has 0 spiro atoms. The van der Waals surface area contributed by atoms with Crippen molar-refractivity contribution in [1.82, 2.24) is 39.0 Å². The van der Waals surface area contributed by atoms with Gasteiger partial charge in [0.15, 0.2) is 29.2 Å². The molecule has 3 N–H and O–H groups in total. The Labute approximate surface area is 233 Å². The lowest BCUT2D eigenvalue weighted by molar-refractivity contribution is -0.0444. The lowest BCUT2D eigenvalue weighted by atomic mass is 10.1. The predicted molar refractivity (Wildman–Crippen MR) is 141 cm³/mol. The number of H-pyrrole nitrogens is 1. The summed E-state index contributed by atoms with van der Waals surface area (Å²) >= 11 is 8.02. The van der Waals surface area contributed by atoms with Crippen LogP contribution in [0.4, 0.5) is 10.3 Å². The number of halogens is 1. The van der Waals surface area contributed by atoms with Gasteiger partial charge in [0.1, 0.15) is 36.5 Å². The van der Waals surface area contributed by atoms with Crippen molar-refractivity contribution in [2.75, 3.05) is 18.9 Å². The standard InChI is InChI=1S/C18H20FN9O8P2S2/c19-11-9-4-33-37(30,39)32-2-1-27-10(24-8-3-21-6-22-14(8)27)5-34-38(31,40)36-13(11)17(35-9)28-7-23-12-15(28)25-18(20)26-16(12)29/h3,6-7,9,11,13,17H,1-2,4-5H2,(H,30,39)(H,31,40)(H3,20,25,26,29)/t9-,11-,13-,17-,37-,38+/m1/s1. The summed E-state index contributed by atoms with van der Waals surface area (Å²) < 4.78 is 72.2. The first-order valence-corrected chi connectivity index (χ1v) is 16.8. The molecule has 0 aliphatic carbocycles. The Balaban J connectivity index is 1.38. The average molecular weight is 635 g/mol. The van der Waals surface area contributed by atoms with E-state index in [1.165, 1.54) is 17.1 Å². The third kappa shape index (κ3) is 5.31. The number of aromatic nitrogens is 8. The van der Waals surface area contributed by atoms with Crippen LogP contribution in [0.1, 0.15) is 12.1 Å². The minimum absolute atomic E-state index is 0.0593. The molecule has 4 aromatic rings. The van der Waals surface area contributed by atoms with E-state index in [-0.39, 0.29) is 36.1 Å². The van der Waals surface area contributed by atoms with E-state index in [0.717, 1.165) is 6.33 Å². The molecule has 2 bridgehead atoms. The summed E-state index contributed by atoms with van der Waals surface area (Å²) in [6.07, 6.45) is -2.56. The zero-order valence-electron chi connectivity index (χ0n) is 20.0. The number of anilines is 1. The Morgan fingerprint density at radius 1 is 1.12 bits per heavy atom. The fourth-order valence-electron chi connectivity index (χ4n) is 4.34. The lowest BCUT2D eigenvalue weighted by Gasteiger charge is -2.24. The van der Waals surface area contributed by atoms with Crippen LogP contribution in [-0.2, 0) is 45.1 Å². The van der Waals surface area contributed by atoms with E-state index in [1.54, 1.807) is 4.57 Å². The predicted octanol–water partition coefficient (Wildman–Crippen LogP) is 1.80. The van der Waals surface area contributed by atoms with Crippen LogP contribution in [0.2, 0.25) is 0 Å². The number of ether oxygens (including phenoxy) is 1. The summed E-state index contributed by atoms with van der Waals surface area (Å²) in [6.45, 7) is -9.38. The Bertz CT molecular complexity index is 1750. The molecule has 4 aromatic heterocycles. The van der Waals surface area contributed by atoms with Crippen molar-refractivity contribution in [3.05, 3.63) is 35.0 Å². The van der Waals surface area contributed by atoms with Gasteiger partial charge in [0.2, 0.25) is 5.95 Å². The second-order valence-electron chi connectivity index (χ2n) is 8.61. The first-order valence-electron chi connectivity index (χ1n) is 11.5. The fourth-order valence-corrected chi connectivity index (χ4v) is 6.87. The summed E-state index contributed by atoms with van der Waals surface area (Å²) in [7, 11) is 0. The number of aromatic amines is 1. The molecule has 1 fully saturated rings. The maximum Gasteiger partial charge on any atom is 0.387 e. The number of nitrogens with two attached hydrogens (primary N) is 1. The number of hydrogen-bond acceptors (Lipinski definition) is 14. The zero-order valence-corrected chi connectivity index (χ0v) is 23.6. The first-order chi connectivity index (χ1) is 19.0. The molecule has 40 heavy (non-hydrogen) atoms. The average Bonchev–Trinajstić information content (AvgIpc) is 3.55. The minimum Gasteiger partial charge on any atom is -0.369 e. The van der Waals surface area contributed by atoms with Crippen LogP contribution in [0.15, 0.2) is 23.6 Å². The summed E-state index contributed by atoms with van der Waals surface area (Å²) in [5.41, 5.74) is 5.65. The van der Waals surface area contributed by atoms with Gasteiger partial charge in [0.25, 0.3) is 5.56 Å². The highest BCUT2D eigenvalue weighted by Crippen LogP contribution is 2.58. The Kier molecular flexibility index (Phi) is 7.25. The van der Waals surface area contributed by atoms with Crippen LogP contribution in [0, 0.1) is 0 Å². The molecule has 6 rings (SSSR count). The molecular weight excluding hydrogens is 615 g/mol. The Morgan fingerprint density at radius 3 is 2.77 bits per heavy atom. The molecule has 214 valence electrons. The van der Waals surface area contributed by atoms with Crippen molar-refractivity contribution in [3.63, 3.8) is 0 Å². The van der Waals surface area contributed by atoms with Crippen LogP contribution in [-0.4, -0.2) is 70.6 Å². The number of hydrogen-bond donors (Lipinski definition) is 4. The van der Waals surface area contributed by atoms with Gasteiger partial charge in [-0.2, -0.15) is 4.98 Å². The van der Waals surface area contributed by atoms with Gasteiger partial charge >= 0.3 is 13.6 Å². The molecule has 1 saturated heterocycles. The van der Waals surface area contributed by atoms with Crippen molar-refractivity contribution in [1.29, 1.82) is 0 Å². The van der Waals surface area contributed by atoms with Crippen LogP contribution < -0.4 is 11.3 Å². The molecule has 0 saturated carbocycles. The highest BCUT2D eigenvalue weighted by molar-refractivity contribution is 8.44. The van der Waals surface area contributed by atoms with Gasteiger partial charge in [-0.1, -0.05) is 24.5 Å². The molecule has 2 aliphatic rings. The molecule has 0 radical (unpaired) electrons. The molecule has 6 heterocycles. The van der Waals surface area contributed by atoms with Gasteiger partial charge < -0.3 is 15.0 Å². The van der Waals surface area contributed by atoms with Crippen molar-refractivity contribution in [2.45, 2.75) is 37.8 Å². The minimum atomic E-state index is -4.30. The lowest BCUT2D eigenvalue weighted by Crippen LogP contribution is -2.31. The van der Waals surface area contributed by atoms with Gasteiger partial charge in [-0.15, -0.1) is 0 Å². The van der Waals surface area contributed by atoms with Crippen molar-refractivity contribution in [3.8, 4) is 0 Å². The molecule has 2 aliphatic heterocycles. The number of alkyl halides is 1. The van der Waals surface area contributed by atoms with Crippen molar-refractivity contribution < 1.29 is 36.4 Å². The highest BCUT2D eigenvalue weighted by Gasteiger charge is 2.51. The maximum atomic E-state index is 15.8. The van der Waals surface area contributed by atoms with Gasteiger partial charge in [-0.05, 0) is 0 Å². The summed E-state index contributed by atoms with van der Waals surface area (Å²) in [5, 5.41) is 0. The Hall–Kier alpha value is -2.41. The van der Waals surface area contributed by atoms with Crippen LogP contribution in [0.25, 0.3) is 22.3 Å². The SMILES string of the molecule is Nc1nc2c(ncn2[C@@H]2O[C@@H]3CO[P@](=O)(S)OCCn4c(nc5cncnc54)CO[P@](=O)(S)O[C@@H]2[C@@H]3F)c(=O)[nH]1. The number of rotatable bonds is 1. The van der Waals surface area contributed by atoms with Gasteiger partial charge in [-0.25, -0.2) is 33.5 Å². The molecule has 6 atom stereocenters. The molecule has 0 unspecified atom stereocenters. The molecule has 22 heteroatoms. The van der Waals surface area contributed by atoms with Crippen LogP contribution in [0.3, 0.4) is 0 Å². The molecule has 0 aromatic carbocycles. The number of imidazole rings is 2. The van der Waals surface area contributed by atoms with Gasteiger partial charge in [0, 0.05) is 6.54 Å². The van der Waals surface area contributed by atoms with Crippen molar-refractivity contribution in [2.24, 2.45) is 0 Å². The fraction of sp³-hybridized carbons (Fsp3) is 0.444. The molecule has 17 nitrogen and oxygen atoms in total. The number of nitrogen functional groups attached to an aromatic ring is 1. The summed E-state index contributed by atoms with van der Waals surface area (Å²) in [5.74, 6) is -0.0000400. The van der Waals surface area contributed by atoms with Crippen LogP contribution in [0.5, 0.6) is 0 Å². The monoisotopic (exact) mass is 635 g/mol. The quantitative estimate of drug-likeness (QED) is 0.173. The van der Waals surface area contributed by atoms with Crippen LogP contribution >= 0.6 is 38.1 Å². The van der Waals surface area contributed by atoms with E-state index in [1.807, 2.05) is 0 Å². The molecular formula is C18H20FN9O8P2S2. The topological polar surface area (TPSA) is 213 Å². The van der Waals surface area contributed by atoms with E-state index in [2.05, 4.69) is 54.4 Å². The third-order valence-corrected chi connectivity index (χ3v) is 9.33. The highest BCUT2D eigenvalue weighted by atomic mass is 32.7. The number of fused-ring (bicyclic) bond motifs is 6. The number of nitrogens with zero attached hydrogens (tertiary/aromatic N) is 7. The third-order valence-electron chi connectivity index (χ3n) is 6.06. The van der Waals surface area contributed by atoms with E-state index in [9.17, 15) is 13.9 Å². The zero-order chi connectivity index (χ0) is 28.2. The van der Waals surface area contributed by atoms with E-state index in [4.69, 9.17) is 28.6 Å². The summed E-state index contributed by atoms with van der Waals surface area (Å²) in [4.78, 5) is 35.1. The van der Waals surface area contributed by atoms with E-state index >= 15 is 4.39 Å².